The summed E-state index contributed by atoms with van der Waals surface area (Å²) >= 11 is 0. The van der Waals surface area contributed by atoms with Crippen molar-refractivity contribution in [1.29, 1.82) is 0 Å². The number of carbonyl (C=O) groups excluding carboxylic acids is 1. The number of methoxy groups -OCH3 is 1. The van der Waals surface area contributed by atoms with E-state index in [-0.39, 0.29) is 23.8 Å². The van der Waals surface area contributed by atoms with Gasteiger partial charge in [0.2, 0.25) is 0 Å². The van der Waals surface area contributed by atoms with E-state index in [0.717, 1.165) is 0 Å². The third-order valence-electron chi connectivity index (χ3n) is 2.14. The van der Waals surface area contributed by atoms with Gasteiger partial charge >= 0.3 is 0 Å². The fourth-order valence-electron chi connectivity index (χ4n) is 1.15. The SMILES string of the molecule is CCC(=O)COc1ccc([N+](=O)[O-])cc1OC. The van der Waals surface area contributed by atoms with Gasteiger partial charge in [0, 0.05) is 12.5 Å². The Labute approximate surface area is 98.3 Å². The first-order chi connectivity index (χ1) is 8.08. The normalized spacial score (nSPS) is 9.76. The average Bonchev–Trinajstić information content (AvgIpc) is 2.35. The Hall–Kier alpha value is -2.11. The highest BCUT2D eigenvalue weighted by molar-refractivity contribution is 5.79. The van der Waals surface area contributed by atoms with Gasteiger partial charge in [-0.05, 0) is 6.07 Å². The maximum Gasteiger partial charge on any atom is 0.273 e. The second-order valence-electron chi connectivity index (χ2n) is 3.27. The third-order valence-corrected chi connectivity index (χ3v) is 2.14. The smallest absolute Gasteiger partial charge is 0.273 e. The number of Topliss-reactive ketones (excluding diaryl/α,β-unsaturated/α-hetero) is 1. The summed E-state index contributed by atoms with van der Waals surface area (Å²) in [5.74, 6) is 0.508. The first-order valence-corrected chi connectivity index (χ1v) is 5.05. The van der Waals surface area contributed by atoms with Crippen molar-refractivity contribution in [2.45, 2.75) is 13.3 Å². The van der Waals surface area contributed by atoms with Crippen LogP contribution in [-0.2, 0) is 4.79 Å². The van der Waals surface area contributed by atoms with Gasteiger partial charge in [-0.2, -0.15) is 0 Å². The van der Waals surface area contributed by atoms with Crippen LogP contribution in [0.5, 0.6) is 11.5 Å². The van der Waals surface area contributed by atoms with Crippen LogP contribution in [0.2, 0.25) is 0 Å². The van der Waals surface area contributed by atoms with E-state index in [1.165, 1.54) is 25.3 Å². The fraction of sp³-hybridized carbons (Fsp3) is 0.364. The molecule has 0 amide bonds. The summed E-state index contributed by atoms with van der Waals surface area (Å²) in [4.78, 5) is 21.1. The molecule has 0 unspecified atom stereocenters. The highest BCUT2D eigenvalue weighted by Crippen LogP contribution is 2.30. The lowest BCUT2D eigenvalue weighted by atomic mass is 10.3. The third kappa shape index (κ3) is 3.44. The molecule has 1 rings (SSSR count). The Kier molecular flexibility index (Phi) is 4.45. The van der Waals surface area contributed by atoms with Gasteiger partial charge in [0.25, 0.3) is 5.69 Å². The van der Waals surface area contributed by atoms with Crippen LogP contribution >= 0.6 is 0 Å². The summed E-state index contributed by atoms with van der Waals surface area (Å²) in [6, 6.07) is 3.97. The predicted octanol–water partition coefficient (Wildman–Crippen LogP) is 1.96. The summed E-state index contributed by atoms with van der Waals surface area (Å²) in [5.41, 5.74) is -0.0870. The second-order valence-corrected chi connectivity index (χ2v) is 3.27. The summed E-state index contributed by atoms with van der Waals surface area (Å²) in [6.07, 6.45) is 0.384. The number of non-ortho nitro benzene ring substituents is 1. The van der Waals surface area contributed by atoms with E-state index in [1.54, 1.807) is 6.92 Å². The van der Waals surface area contributed by atoms with E-state index in [9.17, 15) is 14.9 Å². The van der Waals surface area contributed by atoms with Crippen molar-refractivity contribution in [3.8, 4) is 11.5 Å². The van der Waals surface area contributed by atoms with Crippen molar-refractivity contribution in [3.63, 3.8) is 0 Å². The maximum absolute atomic E-state index is 11.1. The topological polar surface area (TPSA) is 78.7 Å². The van der Waals surface area contributed by atoms with Crippen molar-refractivity contribution >= 4 is 11.5 Å². The number of carbonyl (C=O) groups is 1. The van der Waals surface area contributed by atoms with Crippen molar-refractivity contribution < 1.29 is 19.2 Å². The van der Waals surface area contributed by atoms with Crippen LogP contribution in [0.1, 0.15) is 13.3 Å². The fourth-order valence-corrected chi connectivity index (χ4v) is 1.15. The molecule has 0 saturated carbocycles. The number of hydrogen-bond acceptors (Lipinski definition) is 5. The van der Waals surface area contributed by atoms with Gasteiger partial charge < -0.3 is 9.47 Å². The number of ether oxygens (including phenoxy) is 2. The van der Waals surface area contributed by atoms with Gasteiger partial charge in [0.05, 0.1) is 18.1 Å². The molecule has 0 N–H and O–H groups in total. The van der Waals surface area contributed by atoms with Gasteiger partial charge in [-0.25, -0.2) is 0 Å². The zero-order valence-corrected chi connectivity index (χ0v) is 9.63. The first-order valence-electron chi connectivity index (χ1n) is 5.05. The van der Waals surface area contributed by atoms with E-state index in [2.05, 4.69) is 0 Å². The minimum absolute atomic E-state index is 0.0506. The van der Waals surface area contributed by atoms with Gasteiger partial charge in [0.15, 0.2) is 17.3 Å². The Bertz CT molecular complexity index is 430. The average molecular weight is 239 g/mol. The quantitative estimate of drug-likeness (QED) is 0.560. The molecule has 0 spiro atoms. The zero-order chi connectivity index (χ0) is 12.8. The van der Waals surface area contributed by atoms with Crippen molar-refractivity contribution in [2.24, 2.45) is 0 Å². The van der Waals surface area contributed by atoms with Gasteiger partial charge in [0.1, 0.15) is 6.61 Å². The summed E-state index contributed by atoms with van der Waals surface area (Å²) < 4.78 is 10.2. The number of nitro groups is 1. The Morgan fingerprint density at radius 2 is 2.12 bits per heavy atom. The lowest BCUT2D eigenvalue weighted by Crippen LogP contribution is -2.10. The van der Waals surface area contributed by atoms with E-state index in [4.69, 9.17) is 9.47 Å². The molecule has 1 aromatic rings. The minimum Gasteiger partial charge on any atom is -0.493 e. The number of hydrogen-bond donors (Lipinski definition) is 0. The predicted molar refractivity (Wildman–Crippen MR) is 60.4 cm³/mol. The summed E-state index contributed by atoms with van der Waals surface area (Å²) in [7, 11) is 1.38. The number of nitro benzene ring substituents is 1. The molecule has 0 bridgehead atoms. The Morgan fingerprint density at radius 3 is 2.65 bits per heavy atom. The highest BCUT2D eigenvalue weighted by Gasteiger charge is 2.12. The van der Waals surface area contributed by atoms with E-state index in [0.29, 0.717) is 12.2 Å². The van der Waals surface area contributed by atoms with Crippen molar-refractivity contribution in [2.75, 3.05) is 13.7 Å². The zero-order valence-electron chi connectivity index (χ0n) is 9.63. The van der Waals surface area contributed by atoms with Crippen LogP contribution in [0.3, 0.4) is 0 Å². The molecule has 0 aliphatic heterocycles. The van der Waals surface area contributed by atoms with Crippen LogP contribution < -0.4 is 9.47 Å². The molecule has 1 aromatic carbocycles. The van der Waals surface area contributed by atoms with Crippen molar-refractivity contribution in [3.05, 3.63) is 28.3 Å². The summed E-state index contributed by atoms with van der Waals surface area (Å²) in [6.45, 7) is 1.67. The van der Waals surface area contributed by atoms with Crippen LogP contribution in [0, 0.1) is 10.1 Å². The molecule has 0 aromatic heterocycles. The molecular weight excluding hydrogens is 226 g/mol. The highest BCUT2D eigenvalue weighted by atomic mass is 16.6. The lowest BCUT2D eigenvalue weighted by Gasteiger charge is -2.09. The molecule has 0 aliphatic rings. The molecule has 0 atom stereocenters. The molecule has 0 aliphatic carbocycles. The van der Waals surface area contributed by atoms with Crippen LogP contribution in [0.15, 0.2) is 18.2 Å². The number of nitrogens with zero attached hydrogens (tertiary/aromatic N) is 1. The van der Waals surface area contributed by atoms with Crippen LogP contribution in [0.4, 0.5) is 5.69 Å². The second kappa shape index (κ2) is 5.83. The number of ketones is 1. The first kappa shape index (κ1) is 13.0. The molecule has 0 radical (unpaired) electrons. The van der Waals surface area contributed by atoms with Gasteiger partial charge in [-0.3, -0.25) is 14.9 Å². The molecule has 6 heteroatoms. The van der Waals surface area contributed by atoms with Crippen LogP contribution in [-0.4, -0.2) is 24.4 Å². The monoisotopic (exact) mass is 239 g/mol. The van der Waals surface area contributed by atoms with E-state index in [1.807, 2.05) is 0 Å². The maximum atomic E-state index is 11.1. The van der Waals surface area contributed by atoms with Crippen LogP contribution in [0.25, 0.3) is 0 Å². The molecule has 0 fully saturated rings. The minimum atomic E-state index is -0.524. The molecule has 92 valence electrons. The van der Waals surface area contributed by atoms with Gasteiger partial charge in [-0.15, -0.1) is 0 Å². The molecule has 17 heavy (non-hydrogen) atoms. The van der Waals surface area contributed by atoms with Gasteiger partial charge in [-0.1, -0.05) is 6.92 Å². The molecular formula is C11H13NO5. The molecule has 0 heterocycles. The largest absolute Gasteiger partial charge is 0.493 e. The molecule has 0 saturated heterocycles. The Morgan fingerprint density at radius 1 is 1.41 bits per heavy atom. The number of benzene rings is 1. The number of rotatable bonds is 6. The standard InChI is InChI=1S/C11H13NO5/c1-3-9(13)7-17-10-5-4-8(12(14)15)6-11(10)16-2/h4-6H,3,7H2,1-2H3. The Balaban J connectivity index is 2.85. The van der Waals surface area contributed by atoms with E-state index < -0.39 is 4.92 Å². The van der Waals surface area contributed by atoms with Crippen molar-refractivity contribution in [1.82, 2.24) is 0 Å². The molecule has 6 nitrogen and oxygen atoms in total. The van der Waals surface area contributed by atoms with E-state index >= 15 is 0 Å². The summed E-state index contributed by atoms with van der Waals surface area (Å²) in [5, 5.41) is 10.5. The lowest BCUT2D eigenvalue weighted by molar-refractivity contribution is -0.384.